The summed E-state index contributed by atoms with van der Waals surface area (Å²) in [5.41, 5.74) is 0.309. The van der Waals surface area contributed by atoms with Crippen molar-refractivity contribution >= 4 is 11.3 Å². The Morgan fingerprint density at radius 2 is 2.21 bits per heavy atom. The minimum atomic E-state index is 0.309. The molecule has 1 N–H and O–H groups in total. The molecule has 2 heterocycles. The van der Waals surface area contributed by atoms with Gasteiger partial charge in [0.2, 0.25) is 0 Å². The van der Waals surface area contributed by atoms with Gasteiger partial charge in [-0.3, -0.25) is 4.90 Å². The van der Waals surface area contributed by atoms with Crippen LogP contribution in [0.15, 0.2) is 11.6 Å². The zero-order chi connectivity index (χ0) is 14.0. The van der Waals surface area contributed by atoms with E-state index >= 15 is 0 Å². The maximum absolute atomic E-state index is 4.45. The SMILES string of the molecule is CC(C)C1CNC(C(C)(C)C)CN1Cc1nccs1. The first-order valence-corrected chi connectivity index (χ1v) is 8.11. The van der Waals surface area contributed by atoms with E-state index in [9.17, 15) is 0 Å². The maximum Gasteiger partial charge on any atom is 0.107 e. The number of thiazole rings is 1. The summed E-state index contributed by atoms with van der Waals surface area (Å²) in [6.07, 6.45) is 1.91. The van der Waals surface area contributed by atoms with Crippen molar-refractivity contribution in [2.45, 2.75) is 53.2 Å². The summed E-state index contributed by atoms with van der Waals surface area (Å²) in [5, 5.41) is 7.05. The number of piperazine rings is 1. The second kappa shape index (κ2) is 5.90. The van der Waals surface area contributed by atoms with E-state index in [1.165, 1.54) is 5.01 Å². The average molecular weight is 281 g/mol. The number of rotatable bonds is 3. The Kier molecular flexibility index (Phi) is 4.64. The third-order valence-electron chi connectivity index (χ3n) is 4.10. The Labute approximate surface area is 121 Å². The monoisotopic (exact) mass is 281 g/mol. The Hall–Kier alpha value is -0.450. The van der Waals surface area contributed by atoms with E-state index in [1.54, 1.807) is 11.3 Å². The number of aromatic nitrogens is 1. The Morgan fingerprint density at radius 1 is 1.47 bits per heavy atom. The fourth-order valence-corrected chi connectivity index (χ4v) is 3.39. The van der Waals surface area contributed by atoms with E-state index in [0.29, 0.717) is 23.4 Å². The van der Waals surface area contributed by atoms with Crippen molar-refractivity contribution in [1.82, 2.24) is 15.2 Å². The van der Waals surface area contributed by atoms with Crippen molar-refractivity contribution in [2.75, 3.05) is 13.1 Å². The van der Waals surface area contributed by atoms with Gasteiger partial charge in [-0.25, -0.2) is 4.98 Å². The Morgan fingerprint density at radius 3 is 2.74 bits per heavy atom. The normalized spacial score (nSPS) is 26.0. The van der Waals surface area contributed by atoms with Crippen LogP contribution in [0.25, 0.3) is 0 Å². The minimum absolute atomic E-state index is 0.309. The van der Waals surface area contributed by atoms with Gasteiger partial charge in [-0.2, -0.15) is 0 Å². The van der Waals surface area contributed by atoms with Gasteiger partial charge >= 0.3 is 0 Å². The van der Waals surface area contributed by atoms with Crippen LogP contribution in [-0.2, 0) is 6.54 Å². The van der Waals surface area contributed by atoms with Crippen LogP contribution in [0.5, 0.6) is 0 Å². The van der Waals surface area contributed by atoms with E-state index in [4.69, 9.17) is 0 Å². The van der Waals surface area contributed by atoms with Crippen LogP contribution in [-0.4, -0.2) is 35.1 Å². The van der Waals surface area contributed by atoms with Crippen LogP contribution in [0, 0.1) is 11.3 Å². The molecule has 0 spiro atoms. The molecule has 0 saturated carbocycles. The lowest BCUT2D eigenvalue weighted by atomic mass is 9.83. The Bertz CT molecular complexity index is 381. The summed E-state index contributed by atoms with van der Waals surface area (Å²) < 4.78 is 0. The van der Waals surface area contributed by atoms with E-state index in [1.807, 2.05) is 6.20 Å². The molecule has 1 saturated heterocycles. The summed E-state index contributed by atoms with van der Waals surface area (Å²) in [4.78, 5) is 7.07. The van der Waals surface area contributed by atoms with Crippen molar-refractivity contribution in [3.63, 3.8) is 0 Å². The molecule has 0 radical (unpaired) electrons. The van der Waals surface area contributed by atoms with Gasteiger partial charge in [0.05, 0.1) is 6.54 Å². The molecule has 1 aliphatic heterocycles. The first-order valence-electron chi connectivity index (χ1n) is 7.23. The molecule has 1 aromatic rings. The topological polar surface area (TPSA) is 28.2 Å². The number of hydrogen-bond acceptors (Lipinski definition) is 4. The van der Waals surface area contributed by atoms with Crippen LogP contribution in [0.2, 0.25) is 0 Å². The molecule has 1 fully saturated rings. The molecule has 2 unspecified atom stereocenters. The highest BCUT2D eigenvalue weighted by atomic mass is 32.1. The largest absolute Gasteiger partial charge is 0.311 e. The Balaban J connectivity index is 2.08. The average Bonchev–Trinajstić information content (AvgIpc) is 2.80. The summed E-state index contributed by atoms with van der Waals surface area (Å²) in [6, 6.07) is 1.17. The van der Waals surface area contributed by atoms with E-state index in [-0.39, 0.29) is 0 Å². The molecule has 3 nitrogen and oxygen atoms in total. The van der Waals surface area contributed by atoms with Gasteiger partial charge in [0.25, 0.3) is 0 Å². The highest BCUT2D eigenvalue weighted by Crippen LogP contribution is 2.26. The van der Waals surface area contributed by atoms with E-state index in [0.717, 1.165) is 19.6 Å². The first kappa shape index (κ1) is 14.9. The van der Waals surface area contributed by atoms with Gasteiger partial charge in [-0.1, -0.05) is 34.6 Å². The van der Waals surface area contributed by atoms with E-state index < -0.39 is 0 Å². The molecule has 4 heteroatoms. The highest BCUT2D eigenvalue weighted by Gasteiger charge is 2.35. The number of hydrogen-bond donors (Lipinski definition) is 1. The van der Waals surface area contributed by atoms with Crippen molar-refractivity contribution in [1.29, 1.82) is 0 Å². The fourth-order valence-electron chi connectivity index (χ4n) is 2.75. The molecule has 2 rings (SSSR count). The molecule has 2 atom stereocenters. The molecule has 1 aliphatic rings. The predicted molar refractivity (Wildman–Crippen MR) is 82.4 cm³/mol. The van der Waals surface area contributed by atoms with Crippen molar-refractivity contribution < 1.29 is 0 Å². The van der Waals surface area contributed by atoms with Gasteiger partial charge in [0, 0.05) is 36.8 Å². The molecule has 108 valence electrons. The van der Waals surface area contributed by atoms with E-state index in [2.05, 4.69) is 55.2 Å². The van der Waals surface area contributed by atoms with Crippen LogP contribution in [0.1, 0.15) is 39.6 Å². The molecule has 0 aliphatic carbocycles. The molecule has 0 aromatic carbocycles. The minimum Gasteiger partial charge on any atom is -0.311 e. The lowest BCUT2D eigenvalue weighted by Crippen LogP contribution is -2.61. The summed E-state index contributed by atoms with van der Waals surface area (Å²) in [5.74, 6) is 0.674. The van der Waals surface area contributed by atoms with Gasteiger partial charge in [-0.15, -0.1) is 11.3 Å². The molecule has 0 amide bonds. The third-order valence-corrected chi connectivity index (χ3v) is 4.86. The van der Waals surface area contributed by atoms with Gasteiger partial charge in [0.15, 0.2) is 0 Å². The molecular formula is C15H27N3S. The second-order valence-electron chi connectivity index (χ2n) is 6.99. The number of nitrogens with zero attached hydrogens (tertiary/aromatic N) is 2. The predicted octanol–water partition coefficient (Wildman–Crippen LogP) is 2.99. The summed E-state index contributed by atoms with van der Waals surface area (Å²) in [6.45, 7) is 14.8. The van der Waals surface area contributed by atoms with Gasteiger partial charge < -0.3 is 5.32 Å². The van der Waals surface area contributed by atoms with Crippen molar-refractivity contribution in [3.05, 3.63) is 16.6 Å². The standard InChI is InChI=1S/C15H27N3S/c1-11(2)12-8-17-13(15(3,4)5)9-18(12)10-14-16-6-7-19-14/h6-7,11-13,17H,8-10H2,1-5H3. The van der Waals surface area contributed by atoms with Gasteiger partial charge in [0.1, 0.15) is 5.01 Å². The summed E-state index contributed by atoms with van der Waals surface area (Å²) in [7, 11) is 0. The fraction of sp³-hybridized carbons (Fsp3) is 0.800. The lowest BCUT2D eigenvalue weighted by molar-refractivity contribution is 0.0572. The lowest BCUT2D eigenvalue weighted by Gasteiger charge is -2.46. The molecule has 0 bridgehead atoms. The molecular weight excluding hydrogens is 254 g/mol. The van der Waals surface area contributed by atoms with Crippen LogP contribution < -0.4 is 5.32 Å². The second-order valence-corrected chi connectivity index (χ2v) is 7.97. The first-order chi connectivity index (χ1) is 8.88. The molecule has 19 heavy (non-hydrogen) atoms. The quantitative estimate of drug-likeness (QED) is 0.923. The van der Waals surface area contributed by atoms with Crippen molar-refractivity contribution in [2.24, 2.45) is 11.3 Å². The number of nitrogens with one attached hydrogen (secondary N) is 1. The molecule has 1 aromatic heterocycles. The van der Waals surface area contributed by atoms with Gasteiger partial charge in [-0.05, 0) is 11.3 Å². The highest BCUT2D eigenvalue weighted by molar-refractivity contribution is 7.09. The smallest absolute Gasteiger partial charge is 0.107 e. The summed E-state index contributed by atoms with van der Waals surface area (Å²) >= 11 is 1.77. The third kappa shape index (κ3) is 3.77. The zero-order valence-corrected chi connectivity index (χ0v) is 13.6. The van der Waals surface area contributed by atoms with Crippen molar-refractivity contribution in [3.8, 4) is 0 Å². The van der Waals surface area contributed by atoms with Crippen LogP contribution >= 0.6 is 11.3 Å². The zero-order valence-electron chi connectivity index (χ0n) is 12.8. The van der Waals surface area contributed by atoms with Crippen LogP contribution in [0.3, 0.4) is 0 Å². The maximum atomic E-state index is 4.45. The van der Waals surface area contributed by atoms with Crippen LogP contribution in [0.4, 0.5) is 0 Å².